The van der Waals surface area contributed by atoms with Crippen LogP contribution in [-0.4, -0.2) is 69.8 Å². The summed E-state index contributed by atoms with van der Waals surface area (Å²) in [4.78, 5) is 13.5. The first-order valence-corrected chi connectivity index (χ1v) is 13.3. The molecule has 2 atom stereocenters. The molecule has 2 aromatic heterocycles. The first-order chi connectivity index (χ1) is 15.2. The lowest BCUT2D eigenvalue weighted by atomic mass is 10.0. The lowest BCUT2D eigenvalue weighted by molar-refractivity contribution is 0.0577. The zero-order valence-corrected chi connectivity index (χ0v) is 19.7. The van der Waals surface area contributed by atoms with Crippen LogP contribution in [0.2, 0.25) is 0 Å². The van der Waals surface area contributed by atoms with Gasteiger partial charge in [0.1, 0.15) is 16.9 Å². The quantitative estimate of drug-likeness (QED) is 0.569. The van der Waals surface area contributed by atoms with Gasteiger partial charge in [-0.2, -0.15) is 10.2 Å². The monoisotopic (exact) mass is 477 g/mol. The Hall–Kier alpha value is -2.33. The molecule has 2 aliphatic rings. The maximum absolute atomic E-state index is 11.7. The highest BCUT2D eigenvalue weighted by Gasteiger charge is 2.37. The Morgan fingerprint density at radius 3 is 2.62 bits per heavy atom. The van der Waals surface area contributed by atoms with E-state index in [1.807, 2.05) is 13.0 Å². The van der Waals surface area contributed by atoms with Gasteiger partial charge in [-0.15, -0.1) is 11.3 Å². The number of nitriles is 1. The molecule has 3 heterocycles. The second kappa shape index (κ2) is 8.90. The van der Waals surface area contributed by atoms with Crippen molar-refractivity contribution in [1.82, 2.24) is 19.3 Å². The van der Waals surface area contributed by atoms with E-state index >= 15 is 0 Å². The van der Waals surface area contributed by atoms with Crippen molar-refractivity contribution in [2.24, 2.45) is 0 Å². The number of aromatic nitrogens is 3. The summed E-state index contributed by atoms with van der Waals surface area (Å²) in [7, 11) is -3.18. The predicted molar refractivity (Wildman–Crippen MR) is 123 cm³/mol. The normalized spacial score (nSPS) is 24.9. The molecular formula is C20H27N7O3S2. The fourth-order valence-electron chi connectivity index (χ4n) is 4.22. The third kappa shape index (κ3) is 5.01. The van der Waals surface area contributed by atoms with Gasteiger partial charge >= 0.3 is 0 Å². The summed E-state index contributed by atoms with van der Waals surface area (Å²) in [5.41, 5.74) is 0.176. The zero-order valence-electron chi connectivity index (χ0n) is 18.1. The number of nitrogens with zero attached hydrogens (tertiary/aromatic N) is 5. The average molecular weight is 478 g/mol. The van der Waals surface area contributed by atoms with Gasteiger partial charge in [0, 0.05) is 30.7 Å². The first kappa shape index (κ1) is 22.8. The van der Waals surface area contributed by atoms with E-state index in [4.69, 9.17) is 5.26 Å². The van der Waals surface area contributed by atoms with Crippen molar-refractivity contribution in [3.8, 4) is 16.6 Å². The van der Waals surface area contributed by atoms with E-state index < -0.39 is 15.6 Å². The molecule has 32 heavy (non-hydrogen) atoms. The van der Waals surface area contributed by atoms with E-state index in [1.54, 1.807) is 11.6 Å². The maximum atomic E-state index is 11.7. The minimum absolute atomic E-state index is 0.0614. The molecule has 172 valence electrons. The summed E-state index contributed by atoms with van der Waals surface area (Å²) in [5.74, 6) is 0.992. The lowest BCUT2D eigenvalue weighted by Crippen LogP contribution is -2.42. The number of thiazole rings is 1. The molecule has 0 bridgehead atoms. The van der Waals surface area contributed by atoms with Crippen molar-refractivity contribution in [3.05, 3.63) is 17.3 Å². The number of rotatable bonds is 6. The fourth-order valence-corrected chi connectivity index (χ4v) is 5.85. The van der Waals surface area contributed by atoms with Crippen molar-refractivity contribution in [2.45, 2.75) is 56.7 Å². The molecule has 2 aromatic rings. The van der Waals surface area contributed by atoms with Crippen LogP contribution in [0.1, 0.15) is 44.7 Å². The number of piperidine rings is 1. The van der Waals surface area contributed by atoms with Crippen molar-refractivity contribution in [3.63, 3.8) is 0 Å². The predicted octanol–water partition coefficient (Wildman–Crippen LogP) is 2.02. The summed E-state index contributed by atoms with van der Waals surface area (Å²) in [6.07, 6.45) is 6.69. The second-order valence-electron chi connectivity index (χ2n) is 8.63. The minimum Gasteiger partial charge on any atom is -0.388 e. The topological polar surface area (TPSA) is 144 Å². The largest absolute Gasteiger partial charge is 0.388 e. The van der Waals surface area contributed by atoms with Gasteiger partial charge in [-0.25, -0.2) is 22.7 Å². The molecule has 12 heteroatoms. The number of hydrogen-bond donors (Lipinski definition) is 3. The molecule has 1 aliphatic carbocycles. The molecule has 1 saturated carbocycles. The van der Waals surface area contributed by atoms with Gasteiger partial charge in [0.15, 0.2) is 5.69 Å². The van der Waals surface area contributed by atoms with Crippen molar-refractivity contribution < 1.29 is 13.5 Å². The summed E-state index contributed by atoms with van der Waals surface area (Å²) in [6, 6.07) is 1.95. The van der Waals surface area contributed by atoms with Gasteiger partial charge in [0.2, 0.25) is 16.0 Å². The molecule has 1 saturated heterocycles. The van der Waals surface area contributed by atoms with Crippen LogP contribution in [0.4, 0.5) is 11.8 Å². The molecule has 0 radical (unpaired) electrons. The summed E-state index contributed by atoms with van der Waals surface area (Å²) < 4.78 is 25.0. The van der Waals surface area contributed by atoms with Gasteiger partial charge in [-0.05, 0) is 39.0 Å². The molecule has 4 rings (SSSR count). The Kier molecular flexibility index (Phi) is 6.35. The highest BCUT2D eigenvalue weighted by Crippen LogP contribution is 2.35. The Bertz CT molecular complexity index is 1120. The number of aliphatic hydroxyl groups is 1. The van der Waals surface area contributed by atoms with Crippen LogP contribution in [0, 0.1) is 11.3 Å². The number of hydrogen-bond acceptors (Lipinski definition) is 10. The van der Waals surface area contributed by atoms with Crippen molar-refractivity contribution in [2.75, 3.05) is 30.0 Å². The van der Waals surface area contributed by atoms with Gasteiger partial charge < -0.3 is 15.7 Å². The van der Waals surface area contributed by atoms with E-state index in [0.29, 0.717) is 60.4 Å². The SMILES string of the molecule is C[C@@]1(O)CCC[C@H]1Nc1nc(NC2CCN(S(C)(=O)=O)CC2)ncc1-c1nc(C#N)cs1. The van der Waals surface area contributed by atoms with Crippen LogP contribution < -0.4 is 10.6 Å². The van der Waals surface area contributed by atoms with E-state index in [2.05, 4.69) is 25.6 Å². The zero-order chi connectivity index (χ0) is 22.9. The molecule has 10 nitrogen and oxygen atoms in total. The Balaban J connectivity index is 1.56. The molecular weight excluding hydrogens is 450 g/mol. The van der Waals surface area contributed by atoms with Crippen molar-refractivity contribution in [1.29, 1.82) is 5.26 Å². The van der Waals surface area contributed by atoms with Gasteiger partial charge in [-0.3, -0.25) is 0 Å². The Morgan fingerprint density at radius 2 is 2.03 bits per heavy atom. The third-order valence-electron chi connectivity index (χ3n) is 6.13. The van der Waals surface area contributed by atoms with Crippen molar-refractivity contribution >= 4 is 33.1 Å². The fraction of sp³-hybridized carbons (Fsp3) is 0.600. The Labute approximate surface area is 191 Å². The van der Waals surface area contributed by atoms with Crippen LogP contribution in [-0.2, 0) is 10.0 Å². The van der Waals surface area contributed by atoms with E-state index in [9.17, 15) is 13.5 Å². The smallest absolute Gasteiger partial charge is 0.224 e. The first-order valence-electron chi connectivity index (χ1n) is 10.6. The number of anilines is 2. The van der Waals surface area contributed by atoms with Crippen LogP contribution in [0.3, 0.4) is 0 Å². The molecule has 0 aromatic carbocycles. The molecule has 1 aliphatic heterocycles. The molecule has 0 spiro atoms. The second-order valence-corrected chi connectivity index (χ2v) is 11.5. The van der Waals surface area contributed by atoms with Gasteiger partial charge in [0.05, 0.1) is 23.5 Å². The average Bonchev–Trinajstić information content (AvgIpc) is 3.34. The number of nitrogens with one attached hydrogen (secondary N) is 2. The molecule has 0 amide bonds. The standard InChI is InChI=1S/C20H27N7O3S2/c1-20(28)7-3-4-16(20)25-17-15(18-23-14(10-21)12-31-18)11-22-19(26-17)24-13-5-8-27(9-6-13)32(2,29)30/h11-13,16,28H,3-9H2,1-2H3,(H2,22,24,25,26)/t16-,20-/m1/s1. The van der Waals surface area contributed by atoms with E-state index in [-0.39, 0.29) is 12.1 Å². The molecule has 0 unspecified atom stereocenters. The van der Waals surface area contributed by atoms with E-state index in [1.165, 1.54) is 21.9 Å². The van der Waals surface area contributed by atoms with Crippen LogP contribution in [0.15, 0.2) is 11.6 Å². The van der Waals surface area contributed by atoms with Crippen LogP contribution in [0.25, 0.3) is 10.6 Å². The number of sulfonamides is 1. The van der Waals surface area contributed by atoms with E-state index in [0.717, 1.165) is 12.8 Å². The summed E-state index contributed by atoms with van der Waals surface area (Å²) in [6.45, 7) is 2.74. The molecule has 3 N–H and O–H groups in total. The third-order valence-corrected chi connectivity index (χ3v) is 8.31. The molecule has 2 fully saturated rings. The maximum Gasteiger partial charge on any atom is 0.224 e. The van der Waals surface area contributed by atoms with Crippen LogP contribution in [0.5, 0.6) is 0 Å². The lowest BCUT2D eigenvalue weighted by Gasteiger charge is -2.31. The summed E-state index contributed by atoms with van der Waals surface area (Å²) >= 11 is 1.34. The van der Waals surface area contributed by atoms with Crippen LogP contribution >= 0.6 is 11.3 Å². The van der Waals surface area contributed by atoms with Gasteiger partial charge in [0.25, 0.3) is 0 Å². The highest BCUT2D eigenvalue weighted by atomic mass is 32.2. The summed E-state index contributed by atoms with van der Waals surface area (Å²) in [5, 5.41) is 28.9. The van der Waals surface area contributed by atoms with Gasteiger partial charge in [-0.1, -0.05) is 0 Å². The Morgan fingerprint density at radius 1 is 1.28 bits per heavy atom. The highest BCUT2D eigenvalue weighted by molar-refractivity contribution is 7.88. The minimum atomic E-state index is -3.18.